The Morgan fingerprint density at radius 3 is 1.92 bits per heavy atom. The Labute approximate surface area is 221 Å². The van der Waals surface area contributed by atoms with E-state index in [1.807, 2.05) is 26.0 Å². The molecule has 39 heavy (non-hydrogen) atoms. The van der Waals surface area contributed by atoms with Crippen molar-refractivity contribution in [3.8, 4) is 17.3 Å². The molecule has 5 rings (SSSR count). The van der Waals surface area contributed by atoms with Gasteiger partial charge in [-0.1, -0.05) is 17.7 Å². The summed E-state index contributed by atoms with van der Waals surface area (Å²) in [4.78, 5) is 40.5. The Bertz CT molecular complexity index is 1820. The monoisotopic (exact) mass is 528 g/mol. The zero-order valence-electron chi connectivity index (χ0n) is 21.1. The molecule has 1 aliphatic rings. The summed E-state index contributed by atoms with van der Waals surface area (Å²) in [7, 11) is 0. The second kappa shape index (κ2) is 9.64. The third-order valence-corrected chi connectivity index (χ3v) is 6.37. The van der Waals surface area contributed by atoms with E-state index in [0.29, 0.717) is 5.69 Å². The molecule has 4 aromatic rings. The second-order valence-corrected chi connectivity index (χ2v) is 9.10. The molecular weight excluding hydrogens is 506 g/mol. The lowest BCUT2D eigenvalue weighted by molar-refractivity contribution is -0.114. The number of aromatic nitrogens is 2. The third-order valence-electron chi connectivity index (χ3n) is 6.37. The van der Waals surface area contributed by atoms with Crippen molar-refractivity contribution in [1.29, 1.82) is 0 Å². The molecule has 10 heteroatoms. The average molecular weight is 529 g/mol. The van der Waals surface area contributed by atoms with Gasteiger partial charge < -0.3 is 5.11 Å². The maximum Gasteiger partial charge on any atom is 0.343 e. The minimum Gasteiger partial charge on any atom is -0.494 e. The third kappa shape index (κ3) is 4.46. The molecule has 0 radical (unpaired) electrons. The number of amides is 1. The first kappa shape index (κ1) is 25.5. The van der Waals surface area contributed by atoms with Crippen LogP contribution in [0, 0.1) is 25.5 Å². The minimum atomic E-state index is -0.974. The van der Waals surface area contributed by atoms with Crippen molar-refractivity contribution in [2.75, 3.05) is 5.01 Å². The van der Waals surface area contributed by atoms with Crippen molar-refractivity contribution in [3.63, 3.8) is 0 Å². The van der Waals surface area contributed by atoms with Crippen LogP contribution in [0.3, 0.4) is 0 Å². The summed E-state index contributed by atoms with van der Waals surface area (Å²) in [6, 6.07) is 14.8. The molecule has 1 N–H and O–H groups in total. The lowest BCUT2D eigenvalue weighted by Crippen LogP contribution is -2.39. The SMILES string of the molecule is CC1=NN(c2ccc(C)cc2C)C(=O)/C1=C\c1c(O)n(-c2ccc(F)cc2)c(=O)n(-c2ccc(F)cc2)c1=O. The van der Waals surface area contributed by atoms with Gasteiger partial charge in [-0.05, 0) is 87.0 Å². The standard InChI is InChI=1S/C29H22F2N4O4/c1-16-4-13-25(17(2)14-16)35-28(38)23(18(3)32-35)15-24-26(36)33(21-9-5-19(30)6-10-21)29(39)34(27(24)37)22-11-7-20(31)8-12-22/h4-15,36H,1-3H3/b23-15-. The van der Waals surface area contributed by atoms with Gasteiger partial charge in [-0.25, -0.2) is 22.7 Å². The van der Waals surface area contributed by atoms with Gasteiger partial charge in [0.2, 0.25) is 5.88 Å². The van der Waals surface area contributed by atoms with E-state index in [1.165, 1.54) is 35.4 Å². The van der Waals surface area contributed by atoms with Crippen molar-refractivity contribution in [2.45, 2.75) is 20.8 Å². The van der Waals surface area contributed by atoms with Crippen LogP contribution in [-0.2, 0) is 4.79 Å². The van der Waals surface area contributed by atoms with Crippen LogP contribution in [0.4, 0.5) is 14.5 Å². The fourth-order valence-electron chi connectivity index (χ4n) is 4.42. The second-order valence-electron chi connectivity index (χ2n) is 9.10. The number of hydrazone groups is 1. The van der Waals surface area contributed by atoms with Gasteiger partial charge >= 0.3 is 5.69 Å². The summed E-state index contributed by atoms with van der Waals surface area (Å²) in [5.74, 6) is -2.45. The van der Waals surface area contributed by atoms with Gasteiger partial charge in [-0.3, -0.25) is 9.59 Å². The number of aryl methyl sites for hydroxylation is 2. The fraction of sp³-hybridized carbons (Fsp3) is 0.103. The van der Waals surface area contributed by atoms with Gasteiger partial charge in [-0.2, -0.15) is 10.1 Å². The highest BCUT2D eigenvalue weighted by atomic mass is 19.1. The molecule has 1 aromatic heterocycles. The summed E-state index contributed by atoms with van der Waals surface area (Å²) in [6.07, 6.45) is 1.17. The zero-order valence-corrected chi connectivity index (χ0v) is 21.1. The van der Waals surface area contributed by atoms with E-state index in [-0.39, 0.29) is 28.2 Å². The van der Waals surface area contributed by atoms with E-state index < -0.39 is 34.7 Å². The van der Waals surface area contributed by atoms with Crippen LogP contribution in [0.15, 0.2) is 87.0 Å². The zero-order chi connectivity index (χ0) is 28.0. The van der Waals surface area contributed by atoms with Crippen LogP contribution in [-0.4, -0.2) is 25.9 Å². The number of benzene rings is 3. The van der Waals surface area contributed by atoms with Crippen molar-refractivity contribution in [2.24, 2.45) is 5.10 Å². The first-order chi connectivity index (χ1) is 18.6. The summed E-state index contributed by atoms with van der Waals surface area (Å²) in [5.41, 5.74) is 0.473. The van der Waals surface area contributed by atoms with E-state index in [1.54, 1.807) is 13.0 Å². The first-order valence-electron chi connectivity index (χ1n) is 11.9. The van der Waals surface area contributed by atoms with Crippen molar-refractivity contribution in [1.82, 2.24) is 9.13 Å². The van der Waals surface area contributed by atoms with Crippen molar-refractivity contribution < 1.29 is 18.7 Å². The van der Waals surface area contributed by atoms with E-state index >= 15 is 0 Å². The first-order valence-corrected chi connectivity index (χ1v) is 11.9. The fourth-order valence-corrected chi connectivity index (χ4v) is 4.42. The van der Waals surface area contributed by atoms with Crippen molar-refractivity contribution >= 4 is 23.4 Å². The molecular formula is C29H22F2N4O4. The van der Waals surface area contributed by atoms with Gasteiger partial charge in [0.15, 0.2) is 0 Å². The number of hydrogen-bond acceptors (Lipinski definition) is 5. The largest absolute Gasteiger partial charge is 0.494 e. The van der Waals surface area contributed by atoms with Crippen LogP contribution in [0.2, 0.25) is 0 Å². The summed E-state index contributed by atoms with van der Waals surface area (Å²) in [6.45, 7) is 5.35. The molecule has 0 saturated carbocycles. The highest BCUT2D eigenvalue weighted by Crippen LogP contribution is 2.29. The maximum absolute atomic E-state index is 13.6. The molecule has 0 unspecified atom stereocenters. The summed E-state index contributed by atoms with van der Waals surface area (Å²) >= 11 is 0. The highest BCUT2D eigenvalue weighted by Gasteiger charge is 2.31. The quantitative estimate of drug-likeness (QED) is 0.397. The Hall–Kier alpha value is -5.12. The summed E-state index contributed by atoms with van der Waals surface area (Å²) in [5, 5.41) is 16.7. The van der Waals surface area contributed by atoms with Crippen LogP contribution in [0.1, 0.15) is 23.6 Å². The number of anilines is 1. The number of nitrogens with zero attached hydrogens (tertiary/aromatic N) is 4. The molecule has 0 aliphatic carbocycles. The molecule has 0 saturated heterocycles. The average Bonchev–Trinajstić information content (AvgIpc) is 3.16. The van der Waals surface area contributed by atoms with E-state index in [0.717, 1.165) is 44.5 Å². The summed E-state index contributed by atoms with van der Waals surface area (Å²) < 4.78 is 28.8. The predicted octanol–water partition coefficient (Wildman–Crippen LogP) is 4.40. The van der Waals surface area contributed by atoms with Crippen LogP contribution >= 0.6 is 0 Å². The number of aromatic hydroxyl groups is 1. The predicted molar refractivity (Wildman–Crippen MR) is 144 cm³/mol. The molecule has 1 aliphatic heterocycles. The van der Waals surface area contributed by atoms with Crippen molar-refractivity contribution in [3.05, 3.63) is 121 Å². The Kier molecular flexibility index (Phi) is 6.31. The Morgan fingerprint density at radius 2 is 1.36 bits per heavy atom. The van der Waals surface area contributed by atoms with E-state index in [2.05, 4.69) is 5.10 Å². The Morgan fingerprint density at radius 1 is 0.795 bits per heavy atom. The molecule has 0 fully saturated rings. The number of hydrogen-bond donors (Lipinski definition) is 1. The molecule has 8 nitrogen and oxygen atoms in total. The number of halogens is 2. The maximum atomic E-state index is 13.6. The molecule has 3 aromatic carbocycles. The van der Waals surface area contributed by atoms with Crippen LogP contribution in [0.5, 0.6) is 5.88 Å². The Balaban J connectivity index is 1.74. The normalized spacial score (nSPS) is 14.3. The molecule has 2 heterocycles. The van der Waals surface area contributed by atoms with Gasteiger partial charge in [0, 0.05) is 0 Å². The van der Waals surface area contributed by atoms with Gasteiger partial charge in [0.25, 0.3) is 11.5 Å². The molecule has 196 valence electrons. The number of carbonyl (C=O) groups is 1. The van der Waals surface area contributed by atoms with E-state index in [4.69, 9.17) is 0 Å². The lowest BCUT2D eigenvalue weighted by Gasteiger charge is -2.16. The number of carbonyl (C=O) groups excluding carboxylic acids is 1. The lowest BCUT2D eigenvalue weighted by atomic mass is 10.1. The van der Waals surface area contributed by atoms with Gasteiger partial charge in [0.05, 0.1) is 28.3 Å². The van der Waals surface area contributed by atoms with Crippen LogP contribution < -0.4 is 16.3 Å². The molecule has 0 spiro atoms. The smallest absolute Gasteiger partial charge is 0.343 e. The number of rotatable bonds is 4. The van der Waals surface area contributed by atoms with Crippen LogP contribution in [0.25, 0.3) is 17.5 Å². The molecule has 0 bridgehead atoms. The van der Waals surface area contributed by atoms with Gasteiger partial charge in [-0.15, -0.1) is 0 Å². The topological polar surface area (TPSA) is 96.9 Å². The van der Waals surface area contributed by atoms with Gasteiger partial charge in [0.1, 0.15) is 17.2 Å². The van der Waals surface area contributed by atoms with E-state index in [9.17, 15) is 28.3 Å². The minimum absolute atomic E-state index is 0.0253. The molecule has 1 amide bonds. The molecule has 0 atom stereocenters. The highest BCUT2D eigenvalue weighted by molar-refractivity contribution is 6.32.